The van der Waals surface area contributed by atoms with Gasteiger partial charge in [-0.2, -0.15) is 0 Å². The van der Waals surface area contributed by atoms with E-state index >= 15 is 0 Å². The molecule has 1 aliphatic rings. The first-order chi connectivity index (χ1) is 11.2. The SMILES string of the molecule is COC(=O)C1=C(O)CC(C(=O)OC)(C(=O)OC)N(C)C1C(=O)OC. The third kappa shape index (κ3) is 2.80. The van der Waals surface area contributed by atoms with Crippen LogP contribution < -0.4 is 0 Å². The summed E-state index contributed by atoms with van der Waals surface area (Å²) in [5.41, 5.74) is -2.60. The van der Waals surface area contributed by atoms with Gasteiger partial charge in [-0.1, -0.05) is 0 Å². The molecule has 1 N–H and O–H groups in total. The number of rotatable bonds is 4. The molecule has 0 fully saturated rings. The van der Waals surface area contributed by atoms with Gasteiger partial charge in [-0.3, -0.25) is 4.90 Å². The van der Waals surface area contributed by atoms with E-state index in [1.165, 1.54) is 7.05 Å². The minimum atomic E-state index is -2.16. The number of nitrogens with zero attached hydrogens (tertiary/aromatic N) is 1. The Morgan fingerprint density at radius 1 is 1.00 bits per heavy atom. The number of hydrogen-bond donors (Lipinski definition) is 1. The minimum absolute atomic E-state index is 0.435. The molecule has 0 amide bonds. The summed E-state index contributed by atoms with van der Waals surface area (Å²) in [4.78, 5) is 49.6. The van der Waals surface area contributed by atoms with Gasteiger partial charge in [0.2, 0.25) is 5.54 Å². The number of methoxy groups -OCH3 is 4. The van der Waals surface area contributed by atoms with E-state index in [-0.39, 0.29) is 0 Å². The van der Waals surface area contributed by atoms with Crippen molar-refractivity contribution < 1.29 is 43.2 Å². The Labute approximate surface area is 137 Å². The molecule has 0 bridgehead atoms. The fraction of sp³-hybridized carbons (Fsp3) is 0.571. The summed E-state index contributed by atoms with van der Waals surface area (Å²) in [6.45, 7) is 0. The van der Waals surface area contributed by atoms with E-state index in [1.54, 1.807) is 0 Å². The van der Waals surface area contributed by atoms with Crippen LogP contribution in [0, 0.1) is 0 Å². The summed E-state index contributed by atoms with van der Waals surface area (Å²) in [5.74, 6) is -4.80. The van der Waals surface area contributed by atoms with Crippen molar-refractivity contribution in [1.29, 1.82) is 0 Å². The van der Waals surface area contributed by atoms with E-state index in [4.69, 9.17) is 0 Å². The van der Waals surface area contributed by atoms with Crippen molar-refractivity contribution in [3.05, 3.63) is 11.3 Å². The Bertz CT molecular complexity index is 579. The van der Waals surface area contributed by atoms with Crippen molar-refractivity contribution >= 4 is 23.9 Å². The zero-order valence-electron chi connectivity index (χ0n) is 13.9. The summed E-state index contributed by atoms with van der Waals surface area (Å²) >= 11 is 0. The van der Waals surface area contributed by atoms with Crippen molar-refractivity contribution in [1.82, 2.24) is 4.90 Å². The smallest absolute Gasteiger partial charge is 0.339 e. The molecule has 0 spiro atoms. The van der Waals surface area contributed by atoms with E-state index in [0.29, 0.717) is 0 Å². The number of esters is 4. The van der Waals surface area contributed by atoms with Gasteiger partial charge in [-0.25, -0.2) is 19.2 Å². The highest BCUT2D eigenvalue weighted by Crippen LogP contribution is 2.37. The Morgan fingerprint density at radius 3 is 1.88 bits per heavy atom. The number of likely N-dealkylation sites (N-methyl/N-ethyl adjacent to an activating group) is 1. The molecular weight excluding hydrogens is 326 g/mol. The average Bonchev–Trinajstić information content (AvgIpc) is 2.59. The van der Waals surface area contributed by atoms with Gasteiger partial charge in [0.15, 0.2) is 0 Å². The molecule has 10 nitrogen and oxygen atoms in total. The summed E-state index contributed by atoms with van der Waals surface area (Å²) in [6, 6.07) is -1.57. The van der Waals surface area contributed by atoms with Crippen LogP contribution in [-0.4, -0.2) is 81.0 Å². The first-order valence-corrected chi connectivity index (χ1v) is 6.70. The molecule has 1 rings (SSSR count). The van der Waals surface area contributed by atoms with Crippen molar-refractivity contribution in [2.24, 2.45) is 0 Å². The molecular formula is C14H19NO9. The molecule has 134 valence electrons. The molecule has 0 saturated carbocycles. The van der Waals surface area contributed by atoms with Crippen LogP contribution in [-0.2, 0) is 38.1 Å². The molecule has 0 aromatic carbocycles. The predicted octanol–water partition coefficient (Wildman–Crippen LogP) is -1.07. The Hall–Kier alpha value is -2.62. The van der Waals surface area contributed by atoms with Crippen molar-refractivity contribution in [3.8, 4) is 0 Å². The van der Waals surface area contributed by atoms with Crippen LogP contribution in [0.1, 0.15) is 6.42 Å². The fourth-order valence-electron chi connectivity index (χ4n) is 2.61. The normalized spacial score (nSPS) is 20.1. The summed E-state index contributed by atoms with van der Waals surface area (Å²) in [7, 11) is 5.40. The van der Waals surface area contributed by atoms with Gasteiger partial charge in [0, 0.05) is 6.42 Å². The summed E-state index contributed by atoms with van der Waals surface area (Å²) in [6.07, 6.45) is -0.638. The van der Waals surface area contributed by atoms with Gasteiger partial charge in [0.05, 0.1) is 28.4 Å². The number of hydrogen-bond acceptors (Lipinski definition) is 10. The molecule has 10 heteroatoms. The van der Waals surface area contributed by atoms with E-state index in [1.807, 2.05) is 0 Å². The molecule has 0 saturated heterocycles. The van der Waals surface area contributed by atoms with Gasteiger partial charge in [-0.15, -0.1) is 0 Å². The van der Waals surface area contributed by atoms with Gasteiger partial charge in [-0.05, 0) is 7.05 Å². The van der Waals surface area contributed by atoms with Crippen LogP contribution in [0.3, 0.4) is 0 Å². The number of aliphatic hydroxyl groups excluding tert-OH is 1. The molecule has 0 aromatic rings. The van der Waals surface area contributed by atoms with E-state index in [9.17, 15) is 24.3 Å². The number of carbonyl (C=O) groups is 4. The molecule has 24 heavy (non-hydrogen) atoms. The largest absolute Gasteiger partial charge is 0.512 e. The molecule has 1 aliphatic heterocycles. The molecule has 0 aliphatic carbocycles. The maximum absolute atomic E-state index is 12.3. The van der Waals surface area contributed by atoms with Crippen molar-refractivity contribution in [3.63, 3.8) is 0 Å². The van der Waals surface area contributed by atoms with Crippen molar-refractivity contribution in [2.75, 3.05) is 35.5 Å². The Kier molecular flexibility index (Phi) is 5.91. The molecule has 0 aromatic heterocycles. The van der Waals surface area contributed by atoms with Crippen LogP contribution in [0.5, 0.6) is 0 Å². The highest BCUT2D eigenvalue weighted by atomic mass is 16.6. The van der Waals surface area contributed by atoms with Gasteiger partial charge < -0.3 is 24.1 Å². The maximum atomic E-state index is 12.3. The summed E-state index contributed by atoms with van der Waals surface area (Å²) in [5, 5.41) is 10.3. The second-order valence-electron chi connectivity index (χ2n) is 4.91. The van der Waals surface area contributed by atoms with E-state index in [2.05, 4.69) is 18.9 Å². The Balaban J connectivity index is 3.68. The zero-order chi connectivity index (χ0) is 18.7. The lowest BCUT2D eigenvalue weighted by molar-refractivity contribution is -0.177. The van der Waals surface area contributed by atoms with Gasteiger partial charge >= 0.3 is 23.9 Å². The lowest BCUT2D eigenvalue weighted by Crippen LogP contribution is -2.67. The maximum Gasteiger partial charge on any atom is 0.339 e. The van der Waals surface area contributed by atoms with E-state index < -0.39 is 53.2 Å². The average molecular weight is 345 g/mol. The second kappa shape index (κ2) is 7.30. The van der Waals surface area contributed by atoms with Crippen LogP contribution in [0.15, 0.2) is 11.3 Å². The highest BCUT2D eigenvalue weighted by Gasteiger charge is 2.60. The quantitative estimate of drug-likeness (QED) is 0.382. The molecule has 0 radical (unpaired) electrons. The number of aliphatic hydroxyl groups is 1. The van der Waals surface area contributed by atoms with Crippen LogP contribution in [0.25, 0.3) is 0 Å². The van der Waals surface area contributed by atoms with Crippen LogP contribution >= 0.6 is 0 Å². The molecule has 1 unspecified atom stereocenters. The monoisotopic (exact) mass is 345 g/mol. The van der Waals surface area contributed by atoms with Gasteiger partial charge in [0.25, 0.3) is 0 Å². The number of ether oxygens (including phenoxy) is 4. The number of carbonyl (C=O) groups excluding carboxylic acids is 4. The standard InChI is InChI=1S/C14H19NO9/c1-15-9(11(18)22-3)8(10(17)21-2)7(16)6-14(15,12(19)23-4)13(20)24-5/h9,16H,6H2,1-5H3. The van der Waals surface area contributed by atoms with Crippen LogP contribution in [0.2, 0.25) is 0 Å². The Morgan fingerprint density at radius 2 is 1.50 bits per heavy atom. The lowest BCUT2D eigenvalue weighted by Gasteiger charge is -2.43. The summed E-state index contributed by atoms with van der Waals surface area (Å²) < 4.78 is 18.4. The predicted molar refractivity (Wildman–Crippen MR) is 76.6 cm³/mol. The fourth-order valence-corrected chi connectivity index (χ4v) is 2.61. The lowest BCUT2D eigenvalue weighted by atomic mass is 9.82. The third-order valence-corrected chi connectivity index (χ3v) is 3.87. The van der Waals surface area contributed by atoms with Crippen LogP contribution in [0.4, 0.5) is 0 Å². The first kappa shape index (κ1) is 19.4. The molecule has 1 heterocycles. The second-order valence-corrected chi connectivity index (χ2v) is 4.91. The first-order valence-electron chi connectivity index (χ1n) is 6.70. The third-order valence-electron chi connectivity index (χ3n) is 3.87. The minimum Gasteiger partial charge on any atom is -0.512 e. The van der Waals surface area contributed by atoms with Crippen molar-refractivity contribution in [2.45, 2.75) is 18.0 Å². The molecule has 1 atom stereocenters. The van der Waals surface area contributed by atoms with E-state index in [0.717, 1.165) is 33.3 Å². The van der Waals surface area contributed by atoms with Gasteiger partial charge in [0.1, 0.15) is 17.4 Å². The highest BCUT2D eigenvalue weighted by molar-refractivity contribution is 6.08. The zero-order valence-corrected chi connectivity index (χ0v) is 13.9. The topological polar surface area (TPSA) is 129 Å².